The molecule has 1 aliphatic carbocycles. The maximum absolute atomic E-state index is 5.63. The van der Waals surface area contributed by atoms with Crippen LogP contribution in [0.4, 0.5) is 34.1 Å². The van der Waals surface area contributed by atoms with E-state index >= 15 is 0 Å². The van der Waals surface area contributed by atoms with Crippen LogP contribution in [0, 0.1) is 0 Å². The van der Waals surface area contributed by atoms with E-state index in [4.69, 9.17) is 18.7 Å². The van der Waals surface area contributed by atoms with Crippen molar-refractivity contribution in [1.29, 1.82) is 0 Å². The summed E-state index contributed by atoms with van der Waals surface area (Å²) in [5.41, 5.74) is 12.6. The second kappa shape index (κ2) is 11.1. The molecule has 0 fully saturated rings. The second-order valence-electron chi connectivity index (χ2n) is 12.0. The molecular weight excluding hydrogens is 621 g/mol. The number of para-hydroxylation sites is 4. The van der Waals surface area contributed by atoms with E-state index in [-0.39, 0.29) is 0 Å². The zero-order valence-electron chi connectivity index (χ0n) is 26.1. The summed E-state index contributed by atoms with van der Waals surface area (Å²) in [5.74, 6) is 0. The molecule has 0 saturated carbocycles. The molecule has 9 aromatic rings. The monoisotopic (exact) mass is 646 g/mol. The summed E-state index contributed by atoms with van der Waals surface area (Å²) < 4.78 is 10.1. The third kappa shape index (κ3) is 4.26. The van der Waals surface area contributed by atoms with Crippen molar-refractivity contribution in [3.63, 3.8) is 0 Å². The Hall–Kier alpha value is -6.44. The van der Waals surface area contributed by atoms with E-state index in [9.17, 15) is 0 Å². The quantitative estimate of drug-likeness (QED) is 0.168. The highest BCUT2D eigenvalue weighted by molar-refractivity contribution is 7.00. The molecule has 2 heterocycles. The summed E-state index contributed by atoms with van der Waals surface area (Å²) in [7, 11) is 0. The van der Waals surface area contributed by atoms with Crippen LogP contribution < -0.4 is 9.80 Å². The minimum Gasteiger partial charge on any atom is -0.306 e. The molecule has 49 heavy (non-hydrogen) atoms. The molecule has 0 bridgehead atoms. The van der Waals surface area contributed by atoms with Gasteiger partial charge in [0.25, 0.3) is 0 Å². The summed E-state index contributed by atoms with van der Waals surface area (Å²) in [4.78, 5) is 15.8. The van der Waals surface area contributed by atoms with Crippen LogP contribution in [-0.2, 0) is 0 Å². The van der Waals surface area contributed by atoms with E-state index in [0.29, 0.717) is 0 Å². The molecular formula is C42H26N6S. The Morgan fingerprint density at radius 1 is 0.367 bits per heavy atom. The Morgan fingerprint density at radius 3 is 1.10 bits per heavy atom. The van der Waals surface area contributed by atoms with Crippen LogP contribution in [0.5, 0.6) is 0 Å². The minimum absolute atomic E-state index is 0.753. The lowest BCUT2D eigenvalue weighted by Gasteiger charge is -2.30. The van der Waals surface area contributed by atoms with Gasteiger partial charge in [-0.25, -0.2) is 9.97 Å². The number of rotatable bonds is 6. The summed E-state index contributed by atoms with van der Waals surface area (Å²) in [6.07, 6.45) is 0. The molecule has 2 aromatic heterocycles. The molecule has 0 aliphatic heterocycles. The molecule has 0 radical (unpaired) electrons. The molecule has 0 N–H and O–H groups in total. The topological polar surface area (TPSA) is 58.0 Å². The largest absolute Gasteiger partial charge is 0.306 e. The number of aromatic nitrogens is 4. The standard InChI is InChI=1S/C42H26N6S/c1-5-17-28(18-6-1)47(29-19-7-2-8-20-29)41-37-38(44-36-33-26-14-16-27-15-13-25-32(34(27)33)35(36)43-37)42(40-39(41)45-49-46-40)48(30-21-9-3-10-22-30)31-23-11-4-12-24-31/h1-26H. The molecule has 0 saturated heterocycles. The van der Waals surface area contributed by atoms with Crippen LogP contribution in [0.25, 0.3) is 55.4 Å². The van der Waals surface area contributed by atoms with Crippen LogP contribution >= 0.6 is 11.7 Å². The molecule has 6 nitrogen and oxygen atoms in total. The second-order valence-corrected chi connectivity index (χ2v) is 12.5. The first-order valence-corrected chi connectivity index (χ1v) is 16.9. The van der Waals surface area contributed by atoms with E-state index in [1.807, 2.05) is 24.3 Å². The smallest absolute Gasteiger partial charge is 0.133 e. The van der Waals surface area contributed by atoms with E-state index in [1.54, 1.807) is 0 Å². The first-order chi connectivity index (χ1) is 24.3. The summed E-state index contributed by atoms with van der Waals surface area (Å²) in [6.45, 7) is 0. The molecule has 7 heteroatoms. The number of hydrogen-bond acceptors (Lipinski definition) is 7. The van der Waals surface area contributed by atoms with Gasteiger partial charge in [0.05, 0.1) is 23.1 Å². The fraction of sp³-hybridized carbons (Fsp3) is 0. The third-order valence-electron chi connectivity index (χ3n) is 9.20. The van der Waals surface area contributed by atoms with Crippen molar-refractivity contribution in [3.05, 3.63) is 158 Å². The minimum atomic E-state index is 0.753. The van der Waals surface area contributed by atoms with Gasteiger partial charge < -0.3 is 9.80 Å². The van der Waals surface area contributed by atoms with Crippen LogP contribution in [0.2, 0.25) is 0 Å². The first-order valence-electron chi connectivity index (χ1n) is 16.2. The van der Waals surface area contributed by atoms with Crippen molar-refractivity contribution in [1.82, 2.24) is 18.7 Å². The van der Waals surface area contributed by atoms with Crippen LogP contribution in [0.15, 0.2) is 158 Å². The Balaban J connectivity index is 1.40. The van der Waals surface area contributed by atoms with Crippen molar-refractivity contribution in [2.24, 2.45) is 0 Å². The number of benzene rings is 7. The zero-order valence-corrected chi connectivity index (χ0v) is 26.9. The maximum atomic E-state index is 5.63. The van der Waals surface area contributed by atoms with E-state index in [2.05, 4.69) is 143 Å². The highest BCUT2D eigenvalue weighted by Crippen LogP contribution is 2.52. The highest BCUT2D eigenvalue weighted by atomic mass is 32.1. The Morgan fingerprint density at radius 2 is 0.735 bits per heavy atom. The Kier molecular flexibility index (Phi) is 6.25. The maximum Gasteiger partial charge on any atom is 0.133 e. The van der Waals surface area contributed by atoms with Crippen LogP contribution in [0.3, 0.4) is 0 Å². The summed E-state index contributed by atoms with van der Waals surface area (Å²) in [5, 5.41) is 2.36. The van der Waals surface area contributed by atoms with Gasteiger partial charge in [-0.3, -0.25) is 0 Å². The molecule has 7 aromatic carbocycles. The third-order valence-corrected chi connectivity index (χ3v) is 9.73. The van der Waals surface area contributed by atoms with Crippen molar-refractivity contribution in [3.8, 4) is 22.5 Å². The van der Waals surface area contributed by atoms with Crippen molar-refractivity contribution >= 4 is 78.7 Å². The van der Waals surface area contributed by atoms with Gasteiger partial charge in [-0.2, -0.15) is 8.75 Å². The fourth-order valence-corrected chi connectivity index (χ4v) is 7.70. The average Bonchev–Trinajstić information content (AvgIpc) is 3.78. The summed E-state index contributed by atoms with van der Waals surface area (Å²) >= 11 is 1.21. The van der Waals surface area contributed by atoms with Gasteiger partial charge in [-0.1, -0.05) is 109 Å². The Bertz CT molecular complexity index is 2400. The van der Waals surface area contributed by atoms with Crippen molar-refractivity contribution < 1.29 is 0 Å². The predicted octanol–water partition coefficient (Wildman–Crippen LogP) is 11.4. The molecule has 1 aliphatic rings. The van der Waals surface area contributed by atoms with E-state index in [1.165, 1.54) is 22.5 Å². The number of anilines is 6. The molecule has 0 amide bonds. The highest BCUT2D eigenvalue weighted by Gasteiger charge is 2.32. The summed E-state index contributed by atoms with van der Waals surface area (Å²) in [6, 6.07) is 54.5. The molecule has 0 unspecified atom stereocenters. The molecule has 230 valence electrons. The van der Waals surface area contributed by atoms with Gasteiger partial charge in [0.1, 0.15) is 33.4 Å². The van der Waals surface area contributed by atoms with Gasteiger partial charge in [0.2, 0.25) is 0 Å². The van der Waals surface area contributed by atoms with Gasteiger partial charge in [0.15, 0.2) is 0 Å². The van der Waals surface area contributed by atoms with Gasteiger partial charge in [0, 0.05) is 39.3 Å². The van der Waals surface area contributed by atoms with Gasteiger partial charge in [-0.15, -0.1) is 0 Å². The fourth-order valence-electron chi connectivity index (χ4n) is 7.15. The Labute approximate surface area is 286 Å². The number of fused-ring (bicyclic) bond motifs is 5. The molecule has 0 atom stereocenters. The van der Waals surface area contributed by atoms with Crippen LogP contribution in [0.1, 0.15) is 0 Å². The number of nitrogens with zero attached hydrogens (tertiary/aromatic N) is 6. The lowest BCUT2D eigenvalue weighted by atomic mass is 10.0. The van der Waals surface area contributed by atoms with Crippen molar-refractivity contribution in [2.75, 3.05) is 9.80 Å². The lowest BCUT2D eigenvalue weighted by molar-refractivity contribution is 1.24. The van der Waals surface area contributed by atoms with E-state index < -0.39 is 0 Å². The lowest BCUT2D eigenvalue weighted by Crippen LogP contribution is -2.15. The first kappa shape index (κ1) is 27.7. The van der Waals surface area contributed by atoms with Gasteiger partial charge in [-0.05, 0) is 53.9 Å². The van der Waals surface area contributed by atoms with Crippen molar-refractivity contribution in [2.45, 2.75) is 0 Å². The van der Waals surface area contributed by atoms with Gasteiger partial charge >= 0.3 is 0 Å². The SMILES string of the molecule is c1ccc(N(c2ccccc2)c2c3nsnc3c(N(c3ccccc3)c3ccccc3)c3nc4c(nc23)-c2cccc3cccc-4c23)cc1. The average molecular weight is 647 g/mol. The zero-order chi connectivity index (χ0) is 32.3. The number of hydrogen-bond donors (Lipinski definition) is 0. The molecule has 0 spiro atoms. The normalized spacial score (nSPS) is 11.7. The predicted molar refractivity (Wildman–Crippen MR) is 202 cm³/mol. The molecule has 10 rings (SSSR count). The van der Waals surface area contributed by atoms with Crippen LogP contribution in [-0.4, -0.2) is 18.7 Å². The van der Waals surface area contributed by atoms with E-state index in [0.717, 1.165) is 78.7 Å².